The molecule has 2 rings (SSSR count). The van der Waals surface area contributed by atoms with E-state index in [9.17, 15) is 14.8 Å². The molecule has 5 heteroatoms. The maximum absolute atomic E-state index is 11.3. The minimum atomic E-state index is -0.776. The predicted octanol–water partition coefficient (Wildman–Crippen LogP) is 0.564. The molecule has 0 bridgehead atoms. The number of carbonyl (C=O) groups excluding carboxylic acids is 1. The molecular weight excluding hydrogens is 174 g/mol. The highest BCUT2D eigenvalue weighted by Gasteiger charge is 2.39. The summed E-state index contributed by atoms with van der Waals surface area (Å²) in [6.07, 6.45) is 0. The van der Waals surface area contributed by atoms with Crippen LogP contribution in [0.5, 0.6) is 5.75 Å². The van der Waals surface area contributed by atoms with Gasteiger partial charge in [0.1, 0.15) is 5.56 Å². The fraction of sp³-hybridized carbons (Fsp3) is 0.125. The summed E-state index contributed by atoms with van der Waals surface area (Å²) in [5, 5.41) is 11.3. The van der Waals surface area contributed by atoms with Gasteiger partial charge in [0.05, 0.1) is 4.91 Å². The molecule has 5 nitrogen and oxygen atoms in total. The largest absolute Gasteiger partial charge is 0.868 e. The highest BCUT2D eigenvalue weighted by molar-refractivity contribution is 5.96. The van der Waals surface area contributed by atoms with Gasteiger partial charge >= 0.3 is 11.7 Å². The summed E-state index contributed by atoms with van der Waals surface area (Å²) < 4.78 is 0. The molecule has 0 aromatic heterocycles. The van der Waals surface area contributed by atoms with Crippen LogP contribution in [-0.2, 0) is 4.84 Å². The lowest BCUT2D eigenvalue weighted by atomic mass is 10.1. The van der Waals surface area contributed by atoms with Crippen molar-refractivity contribution in [1.29, 1.82) is 0 Å². The molecule has 0 radical (unpaired) electrons. The Kier molecular flexibility index (Phi) is 1.36. The zero-order chi connectivity index (χ0) is 9.59. The standard InChI is InChI=1S/C8H5NO4/c1-4-2-3-5-6(7(4)10)9(12)13-8(5)11/h2-3H,1H3. The molecule has 0 saturated carbocycles. The van der Waals surface area contributed by atoms with Crippen molar-refractivity contribution in [3.63, 3.8) is 0 Å². The van der Waals surface area contributed by atoms with E-state index in [2.05, 4.69) is 4.84 Å². The highest BCUT2D eigenvalue weighted by atomic mass is 16.8. The van der Waals surface area contributed by atoms with Crippen LogP contribution in [0.25, 0.3) is 0 Å². The lowest BCUT2D eigenvalue weighted by Gasteiger charge is -2.05. The van der Waals surface area contributed by atoms with E-state index < -0.39 is 11.7 Å². The molecule has 0 unspecified atom stereocenters. The predicted molar refractivity (Wildman–Crippen MR) is 39.3 cm³/mol. The summed E-state index contributed by atoms with van der Waals surface area (Å²) in [4.78, 5) is 26.0. The third-order valence-corrected chi connectivity index (χ3v) is 1.90. The number of fused-ring (bicyclic) bond motifs is 1. The normalized spacial score (nSPS) is 14.2. The molecule has 0 fully saturated rings. The number of carbonyl (C=O) groups is 1. The minimum Gasteiger partial charge on any atom is -0.868 e. The smallest absolute Gasteiger partial charge is 0.423 e. The highest BCUT2D eigenvalue weighted by Crippen LogP contribution is 2.35. The maximum atomic E-state index is 11.3. The Hall–Kier alpha value is -1.91. The van der Waals surface area contributed by atoms with Gasteiger partial charge in [-0.05, 0) is 18.7 Å². The van der Waals surface area contributed by atoms with Crippen molar-refractivity contribution in [2.24, 2.45) is 0 Å². The van der Waals surface area contributed by atoms with Crippen LogP contribution >= 0.6 is 0 Å². The molecule has 1 aromatic rings. The van der Waals surface area contributed by atoms with E-state index in [4.69, 9.17) is 0 Å². The minimum absolute atomic E-state index is 0.0330. The summed E-state index contributed by atoms with van der Waals surface area (Å²) in [7, 11) is 0. The van der Waals surface area contributed by atoms with Crippen molar-refractivity contribution in [2.45, 2.75) is 6.92 Å². The SMILES string of the molecule is Cc1ccc2c(c1[O-])[N+](=O)OC2=O. The number of benzene rings is 1. The monoisotopic (exact) mass is 179 g/mol. The van der Waals surface area contributed by atoms with Crippen molar-refractivity contribution in [3.05, 3.63) is 28.2 Å². The molecule has 0 amide bonds. The Balaban J connectivity index is 2.78. The third-order valence-electron chi connectivity index (χ3n) is 1.90. The molecule has 1 aliphatic rings. The summed E-state index contributed by atoms with van der Waals surface area (Å²) >= 11 is 0. The van der Waals surface area contributed by atoms with E-state index in [1.807, 2.05) is 0 Å². The summed E-state index contributed by atoms with van der Waals surface area (Å²) in [6, 6.07) is 2.90. The van der Waals surface area contributed by atoms with Crippen molar-refractivity contribution < 1.29 is 19.7 Å². The van der Waals surface area contributed by atoms with Crippen molar-refractivity contribution in [2.75, 3.05) is 0 Å². The van der Waals surface area contributed by atoms with Gasteiger partial charge in [-0.15, -0.1) is 4.84 Å². The van der Waals surface area contributed by atoms with Crippen LogP contribution < -0.4 is 5.11 Å². The van der Waals surface area contributed by atoms with E-state index in [0.29, 0.717) is 5.56 Å². The Morgan fingerprint density at radius 2 is 2.15 bits per heavy atom. The van der Waals surface area contributed by atoms with Crippen LogP contribution in [0, 0.1) is 11.8 Å². The topological polar surface area (TPSA) is 69.4 Å². The van der Waals surface area contributed by atoms with Crippen molar-refractivity contribution >= 4 is 11.7 Å². The van der Waals surface area contributed by atoms with Gasteiger partial charge in [-0.1, -0.05) is 11.6 Å². The number of nitrogens with zero attached hydrogens (tertiary/aromatic N) is 1. The Labute approximate surface area is 73.1 Å². The van der Waals surface area contributed by atoms with Crippen LogP contribution in [0.4, 0.5) is 5.69 Å². The van der Waals surface area contributed by atoms with Gasteiger partial charge in [0.15, 0.2) is 0 Å². The lowest BCUT2D eigenvalue weighted by Crippen LogP contribution is -2.00. The van der Waals surface area contributed by atoms with Gasteiger partial charge in [0.2, 0.25) is 0 Å². The average molecular weight is 179 g/mol. The maximum Gasteiger partial charge on any atom is 0.423 e. The van der Waals surface area contributed by atoms with Crippen LogP contribution in [0.2, 0.25) is 0 Å². The molecular formula is C8H5NO4. The Bertz CT molecular complexity index is 424. The van der Waals surface area contributed by atoms with Crippen molar-refractivity contribution in [1.82, 2.24) is 0 Å². The van der Waals surface area contributed by atoms with Crippen LogP contribution in [0.15, 0.2) is 12.1 Å². The van der Waals surface area contributed by atoms with Gasteiger partial charge in [-0.2, -0.15) is 0 Å². The fourth-order valence-corrected chi connectivity index (χ4v) is 1.19. The molecule has 0 N–H and O–H groups in total. The molecule has 1 aromatic carbocycles. The van der Waals surface area contributed by atoms with Crippen LogP contribution in [0.1, 0.15) is 15.9 Å². The lowest BCUT2D eigenvalue weighted by molar-refractivity contribution is -0.708. The van der Waals surface area contributed by atoms with Gasteiger partial charge in [-0.25, -0.2) is 4.79 Å². The number of hydrogen-bond acceptors (Lipinski definition) is 4. The fourth-order valence-electron chi connectivity index (χ4n) is 1.19. The molecule has 0 aliphatic carbocycles. The molecule has 1 aliphatic heterocycles. The zero-order valence-corrected chi connectivity index (χ0v) is 6.73. The second-order valence-corrected chi connectivity index (χ2v) is 2.74. The molecule has 13 heavy (non-hydrogen) atoms. The molecule has 0 atom stereocenters. The zero-order valence-electron chi connectivity index (χ0n) is 6.73. The molecule has 0 saturated heterocycles. The van der Waals surface area contributed by atoms with E-state index in [0.717, 1.165) is 0 Å². The second kappa shape index (κ2) is 2.29. The quantitative estimate of drug-likeness (QED) is 0.583. The van der Waals surface area contributed by atoms with Crippen molar-refractivity contribution in [3.8, 4) is 5.75 Å². The summed E-state index contributed by atoms with van der Waals surface area (Å²) in [5.74, 6) is -1.24. The van der Waals surface area contributed by atoms with E-state index in [1.54, 1.807) is 6.92 Å². The summed E-state index contributed by atoms with van der Waals surface area (Å²) in [6.45, 7) is 1.57. The number of aryl methyl sites for hydroxylation is 1. The van der Waals surface area contributed by atoms with E-state index in [-0.39, 0.29) is 16.2 Å². The summed E-state index contributed by atoms with van der Waals surface area (Å²) in [5.41, 5.74) is 0.230. The van der Waals surface area contributed by atoms with E-state index >= 15 is 0 Å². The third kappa shape index (κ3) is 0.900. The van der Waals surface area contributed by atoms with Gasteiger partial charge in [-0.3, -0.25) is 0 Å². The average Bonchev–Trinajstić information content (AvgIpc) is 2.35. The number of hydrogen-bond donors (Lipinski definition) is 0. The van der Waals surface area contributed by atoms with E-state index in [1.165, 1.54) is 12.1 Å². The first kappa shape index (κ1) is 7.72. The first-order chi connectivity index (χ1) is 6.11. The van der Waals surface area contributed by atoms with Gasteiger partial charge < -0.3 is 5.11 Å². The van der Waals surface area contributed by atoms with Crippen LogP contribution in [-0.4, -0.2) is 10.9 Å². The Morgan fingerprint density at radius 1 is 1.46 bits per heavy atom. The first-order valence-electron chi connectivity index (χ1n) is 3.61. The molecule has 66 valence electrons. The molecule has 0 spiro atoms. The van der Waals surface area contributed by atoms with Crippen LogP contribution in [0.3, 0.4) is 0 Å². The Morgan fingerprint density at radius 3 is 2.85 bits per heavy atom. The van der Waals surface area contributed by atoms with Gasteiger partial charge in [0, 0.05) is 0 Å². The first-order valence-corrected chi connectivity index (χ1v) is 3.61. The molecule has 1 heterocycles. The number of rotatable bonds is 0. The van der Waals surface area contributed by atoms with Gasteiger partial charge in [0.25, 0.3) is 4.92 Å². The second-order valence-electron chi connectivity index (χ2n) is 2.74.